The predicted octanol–water partition coefficient (Wildman–Crippen LogP) is 4.57. The molecule has 8 heteroatoms. The lowest BCUT2D eigenvalue weighted by Gasteiger charge is -2.04. The van der Waals surface area contributed by atoms with Crippen LogP contribution in [0.25, 0.3) is 28.2 Å². The zero-order chi connectivity index (χ0) is 19.0. The molecule has 0 radical (unpaired) electrons. The van der Waals surface area contributed by atoms with Crippen molar-refractivity contribution in [1.29, 1.82) is 5.26 Å². The minimum Gasteiger partial charge on any atom is -0.360 e. The fourth-order valence-electron chi connectivity index (χ4n) is 2.88. The maximum absolute atomic E-state index is 9.59. The molecular weight excluding hydrogens is 362 g/mol. The van der Waals surface area contributed by atoms with Crippen LogP contribution < -0.4 is 0 Å². The van der Waals surface area contributed by atoms with Gasteiger partial charge >= 0.3 is 0 Å². The van der Waals surface area contributed by atoms with Crippen LogP contribution in [0.1, 0.15) is 28.6 Å². The lowest BCUT2D eigenvalue weighted by Crippen LogP contribution is -1.99. The Morgan fingerprint density at radius 1 is 1.22 bits per heavy atom. The number of hydrogen-bond donors (Lipinski definition) is 0. The summed E-state index contributed by atoms with van der Waals surface area (Å²) < 4.78 is 12.5. The number of aryl methyl sites for hydroxylation is 2. The Morgan fingerprint density at radius 3 is 2.74 bits per heavy atom. The van der Waals surface area contributed by atoms with Crippen molar-refractivity contribution in [2.24, 2.45) is 0 Å². The quantitative estimate of drug-likeness (QED) is 0.484. The summed E-state index contributed by atoms with van der Waals surface area (Å²) in [6.45, 7) is 5.78. The Hall–Kier alpha value is -3.44. The van der Waals surface area contributed by atoms with E-state index in [0.717, 1.165) is 27.6 Å². The molecule has 4 rings (SSSR count). The second kappa shape index (κ2) is 6.70. The van der Waals surface area contributed by atoms with Crippen LogP contribution in [0.4, 0.5) is 0 Å². The zero-order valence-electron chi connectivity index (χ0n) is 14.9. The summed E-state index contributed by atoms with van der Waals surface area (Å²) in [5.41, 5.74) is 3.10. The number of hydrogen-bond acceptors (Lipinski definition) is 7. The van der Waals surface area contributed by atoms with Crippen LogP contribution >= 0.6 is 11.3 Å². The Labute approximate surface area is 159 Å². The number of thiophene rings is 1. The highest BCUT2D eigenvalue weighted by Gasteiger charge is 2.17. The molecule has 0 saturated carbocycles. The Morgan fingerprint density at radius 2 is 2.07 bits per heavy atom. The van der Waals surface area contributed by atoms with E-state index < -0.39 is 0 Å². The molecule has 0 aliphatic carbocycles. The SMILES string of the molecule is Cc1cc(-n2c(C)cc(/C=C(\C#N)c3nc(-c4cccs4)no3)c2C)no1. The fraction of sp³-hybridized carbons (Fsp3) is 0.158. The van der Waals surface area contributed by atoms with E-state index in [0.29, 0.717) is 17.2 Å². The van der Waals surface area contributed by atoms with Gasteiger partial charge in [-0.2, -0.15) is 10.2 Å². The van der Waals surface area contributed by atoms with Gasteiger partial charge in [0.25, 0.3) is 5.89 Å². The minimum atomic E-state index is 0.197. The second-order valence-electron chi connectivity index (χ2n) is 6.03. The van der Waals surface area contributed by atoms with Gasteiger partial charge in [0.05, 0.1) is 4.88 Å². The molecule has 4 aromatic rings. The van der Waals surface area contributed by atoms with Crippen molar-refractivity contribution in [3.8, 4) is 22.6 Å². The van der Waals surface area contributed by atoms with E-state index in [1.54, 1.807) is 6.08 Å². The molecule has 134 valence electrons. The van der Waals surface area contributed by atoms with Crippen LogP contribution in [0.2, 0.25) is 0 Å². The van der Waals surface area contributed by atoms with E-state index in [2.05, 4.69) is 21.4 Å². The molecule has 0 atom stereocenters. The van der Waals surface area contributed by atoms with E-state index in [1.165, 1.54) is 11.3 Å². The summed E-state index contributed by atoms with van der Waals surface area (Å²) in [6, 6.07) is 9.81. The molecule has 0 unspecified atom stereocenters. The first-order valence-corrected chi connectivity index (χ1v) is 9.07. The van der Waals surface area contributed by atoms with E-state index in [4.69, 9.17) is 9.05 Å². The van der Waals surface area contributed by atoms with Gasteiger partial charge in [-0.25, -0.2) is 0 Å². The van der Waals surface area contributed by atoms with Gasteiger partial charge in [-0.05, 0) is 49.9 Å². The third-order valence-corrected chi connectivity index (χ3v) is 5.00. The van der Waals surface area contributed by atoms with E-state index in [1.807, 2.05) is 55.0 Å². The van der Waals surface area contributed by atoms with Crippen molar-refractivity contribution in [2.45, 2.75) is 20.8 Å². The highest BCUT2D eigenvalue weighted by molar-refractivity contribution is 7.13. The summed E-state index contributed by atoms with van der Waals surface area (Å²) >= 11 is 1.51. The van der Waals surface area contributed by atoms with E-state index >= 15 is 0 Å². The zero-order valence-corrected chi connectivity index (χ0v) is 15.7. The van der Waals surface area contributed by atoms with Crippen LogP contribution in [0.15, 0.2) is 38.7 Å². The molecule has 0 fully saturated rings. The van der Waals surface area contributed by atoms with Crippen molar-refractivity contribution in [3.63, 3.8) is 0 Å². The summed E-state index contributed by atoms with van der Waals surface area (Å²) in [5.74, 6) is 2.12. The first-order valence-electron chi connectivity index (χ1n) is 8.19. The number of aromatic nitrogens is 4. The maximum Gasteiger partial charge on any atom is 0.268 e. The van der Waals surface area contributed by atoms with Gasteiger partial charge in [-0.15, -0.1) is 11.3 Å². The van der Waals surface area contributed by atoms with Gasteiger partial charge in [-0.1, -0.05) is 16.4 Å². The van der Waals surface area contributed by atoms with Crippen LogP contribution in [-0.4, -0.2) is 19.9 Å². The fourth-order valence-corrected chi connectivity index (χ4v) is 3.53. The van der Waals surface area contributed by atoms with E-state index in [9.17, 15) is 5.26 Å². The summed E-state index contributed by atoms with van der Waals surface area (Å²) in [4.78, 5) is 5.24. The normalized spacial score (nSPS) is 11.7. The van der Waals surface area contributed by atoms with Crippen LogP contribution in [0, 0.1) is 32.1 Å². The minimum absolute atomic E-state index is 0.197. The third kappa shape index (κ3) is 3.09. The first kappa shape index (κ1) is 17.0. The van der Waals surface area contributed by atoms with Gasteiger partial charge in [0.15, 0.2) is 5.82 Å². The molecule has 4 aromatic heterocycles. The van der Waals surface area contributed by atoms with E-state index in [-0.39, 0.29) is 5.89 Å². The summed E-state index contributed by atoms with van der Waals surface area (Å²) in [7, 11) is 0. The number of nitrogens with zero attached hydrogens (tertiary/aromatic N) is 5. The standard InChI is InChI=1S/C19H15N5O2S/c1-11-7-14(13(3)24(11)17-8-12(2)25-22-17)9-15(10-20)19-21-18(23-26-19)16-5-4-6-27-16/h4-9H,1-3H3/b15-9+. The number of nitriles is 1. The van der Waals surface area contributed by atoms with Crippen molar-refractivity contribution >= 4 is 23.0 Å². The average molecular weight is 377 g/mol. The Balaban J connectivity index is 1.73. The third-order valence-electron chi connectivity index (χ3n) is 4.13. The lowest BCUT2D eigenvalue weighted by atomic mass is 10.1. The lowest BCUT2D eigenvalue weighted by molar-refractivity contribution is 0.394. The number of rotatable bonds is 4. The molecule has 0 aromatic carbocycles. The van der Waals surface area contributed by atoms with Crippen LogP contribution in [0.5, 0.6) is 0 Å². The number of allylic oxidation sites excluding steroid dienone is 1. The predicted molar refractivity (Wildman–Crippen MR) is 101 cm³/mol. The van der Waals surface area contributed by atoms with Gasteiger partial charge in [-0.3, -0.25) is 4.57 Å². The van der Waals surface area contributed by atoms with Crippen LogP contribution in [0.3, 0.4) is 0 Å². The Kier molecular flexibility index (Phi) is 4.22. The van der Waals surface area contributed by atoms with Gasteiger partial charge < -0.3 is 9.05 Å². The molecule has 0 spiro atoms. The molecule has 0 aliphatic rings. The highest BCUT2D eigenvalue weighted by atomic mass is 32.1. The molecule has 7 nitrogen and oxygen atoms in total. The molecule has 0 amide bonds. The second-order valence-corrected chi connectivity index (χ2v) is 6.98. The highest BCUT2D eigenvalue weighted by Crippen LogP contribution is 2.27. The smallest absolute Gasteiger partial charge is 0.268 e. The first-order chi connectivity index (χ1) is 13.1. The molecular formula is C19H15N5O2S. The average Bonchev–Trinajstić information content (AvgIpc) is 3.41. The monoisotopic (exact) mass is 377 g/mol. The molecule has 0 N–H and O–H groups in total. The van der Waals surface area contributed by atoms with Gasteiger partial charge in [0, 0.05) is 17.5 Å². The van der Waals surface area contributed by atoms with Crippen LogP contribution in [-0.2, 0) is 0 Å². The molecule has 4 heterocycles. The summed E-state index contributed by atoms with van der Waals surface area (Å²) in [6.07, 6.45) is 1.75. The summed E-state index contributed by atoms with van der Waals surface area (Å²) in [5, 5.41) is 19.6. The molecule has 0 aliphatic heterocycles. The molecule has 0 saturated heterocycles. The van der Waals surface area contributed by atoms with Gasteiger partial charge in [0.2, 0.25) is 5.82 Å². The maximum atomic E-state index is 9.59. The van der Waals surface area contributed by atoms with Crippen molar-refractivity contribution in [1.82, 2.24) is 19.9 Å². The van der Waals surface area contributed by atoms with Gasteiger partial charge in [0.1, 0.15) is 17.4 Å². The van der Waals surface area contributed by atoms with Crippen molar-refractivity contribution < 1.29 is 9.05 Å². The van der Waals surface area contributed by atoms with Crippen molar-refractivity contribution in [2.75, 3.05) is 0 Å². The molecule has 27 heavy (non-hydrogen) atoms. The topological polar surface area (TPSA) is 93.7 Å². The Bertz CT molecular complexity index is 1170. The van der Waals surface area contributed by atoms with Crippen molar-refractivity contribution in [3.05, 3.63) is 58.2 Å². The molecule has 0 bridgehead atoms. The largest absolute Gasteiger partial charge is 0.360 e.